The lowest BCUT2D eigenvalue weighted by atomic mass is 10.2. The quantitative estimate of drug-likeness (QED) is 0.848. The summed E-state index contributed by atoms with van der Waals surface area (Å²) in [5.74, 6) is 0.477. The molecule has 0 aromatic heterocycles. The zero-order valence-electron chi connectivity index (χ0n) is 12.9. The van der Waals surface area contributed by atoms with Gasteiger partial charge in [-0.15, -0.1) is 0 Å². The van der Waals surface area contributed by atoms with Gasteiger partial charge in [-0.2, -0.15) is 8.42 Å². The Balaban J connectivity index is 2.96. The molecule has 22 heavy (non-hydrogen) atoms. The number of benzene rings is 1. The van der Waals surface area contributed by atoms with Crippen LogP contribution in [-0.4, -0.2) is 27.2 Å². The Kier molecular flexibility index (Phi) is 5.75. The number of carbonyl (C=O) groups is 1. The van der Waals surface area contributed by atoms with Gasteiger partial charge < -0.3 is 9.47 Å². The first-order chi connectivity index (χ1) is 10.00. The van der Waals surface area contributed by atoms with Crippen LogP contribution in [0.2, 0.25) is 0 Å². The molecule has 0 aliphatic rings. The summed E-state index contributed by atoms with van der Waals surface area (Å²) in [6.07, 6.45) is -0.683. The number of nitrogens with two attached hydrogens (primary N) is 1. The highest BCUT2D eigenvalue weighted by Crippen LogP contribution is 2.24. The molecule has 0 aliphatic heterocycles. The summed E-state index contributed by atoms with van der Waals surface area (Å²) in [7, 11) is -2.62. The third kappa shape index (κ3) is 6.74. The van der Waals surface area contributed by atoms with E-state index in [9.17, 15) is 13.2 Å². The van der Waals surface area contributed by atoms with Gasteiger partial charge in [-0.05, 0) is 26.8 Å². The SMILES string of the molecule is COc1ccc(COS(N)(=O)=O)c(NC(=O)OC(C)(C)C)c1. The highest BCUT2D eigenvalue weighted by molar-refractivity contribution is 7.84. The molecule has 0 fully saturated rings. The van der Waals surface area contributed by atoms with Crippen LogP contribution < -0.4 is 15.2 Å². The van der Waals surface area contributed by atoms with Crippen molar-refractivity contribution in [2.24, 2.45) is 5.14 Å². The first-order valence-electron chi connectivity index (χ1n) is 6.34. The molecule has 0 saturated heterocycles. The van der Waals surface area contributed by atoms with Gasteiger partial charge in [0.05, 0.1) is 19.4 Å². The lowest BCUT2D eigenvalue weighted by Crippen LogP contribution is -2.27. The predicted octanol–water partition coefficient (Wildman–Crippen LogP) is 1.76. The number of hydrogen-bond acceptors (Lipinski definition) is 6. The zero-order chi connectivity index (χ0) is 17.0. The van der Waals surface area contributed by atoms with E-state index in [4.69, 9.17) is 14.6 Å². The normalized spacial score (nSPS) is 11.9. The number of nitrogens with one attached hydrogen (secondary N) is 1. The molecular formula is C13H20N2O6S. The highest BCUT2D eigenvalue weighted by atomic mass is 32.2. The van der Waals surface area contributed by atoms with Crippen molar-refractivity contribution in [2.75, 3.05) is 12.4 Å². The average molecular weight is 332 g/mol. The van der Waals surface area contributed by atoms with Gasteiger partial charge >= 0.3 is 16.4 Å². The smallest absolute Gasteiger partial charge is 0.412 e. The van der Waals surface area contributed by atoms with Crippen LogP contribution in [0.25, 0.3) is 0 Å². The molecule has 1 amide bonds. The number of carbonyl (C=O) groups excluding carboxylic acids is 1. The van der Waals surface area contributed by atoms with Crippen LogP contribution in [0.5, 0.6) is 5.75 Å². The summed E-state index contributed by atoms with van der Waals surface area (Å²) in [6, 6.07) is 4.67. The Morgan fingerprint density at radius 1 is 1.32 bits per heavy atom. The molecule has 0 atom stereocenters. The largest absolute Gasteiger partial charge is 0.497 e. The summed E-state index contributed by atoms with van der Waals surface area (Å²) < 4.78 is 36.5. The molecule has 3 N–H and O–H groups in total. The summed E-state index contributed by atoms with van der Waals surface area (Å²) in [5.41, 5.74) is 0.0400. The third-order valence-corrected chi connectivity index (χ3v) is 2.78. The number of rotatable bonds is 5. The fraction of sp³-hybridized carbons (Fsp3) is 0.462. The van der Waals surface area contributed by atoms with E-state index in [0.717, 1.165) is 0 Å². The molecule has 0 aliphatic carbocycles. The molecule has 9 heteroatoms. The maximum Gasteiger partial charge on any atom is 0.412 e. The van der Waals surface area contributed by atoms with E-state index >= 15 is 0 Å². The summed E-state index contributed by atoms with van der Waals surface area (Å²) >= 11 is 0. The van der Waals surface area contributed by atoms with Crippen molar-refractivity contribution in [3.8, 4) is 5.75 Å². The Morgan fingerprint density at radius 3 is 2.45 bits per heavy atom. The standard InChI is InChI=1S/C13H20N2O6S/c1-13(2,3)21-12(16)15-11-7-10(19-4)6-5-9(11)8-20-22(14,17)18/h5-7H,8H2,1-4H3,(H,15,16)(H2,14,17,18). The average Bonchev–Trinajstić information content (AvgIpc) is 2.33. The first kappa shape index (κ1) is 18.2. The van der Waals surface area contributed by atoms with Crippen molar-refractivity contribution < 1.29 is 26.9 Å². The van der Waals surface area contributed by atoms with Crippen LogP contribution in [0.3, 0.4) is 0 Å². The summed E-state index contributed by atoms with van der Waals surface area (Å²) in [6.45, 7) is 4.85. The van der Waals surface area contributed by atoms with Crippen molar-refractivity contribution >= 4 is 22.1 Å². The van der Waals surface area contributed by atoms with Crippen LogP contribution in [0.1, 0.15) is 26.3 Å². The van der Waals surface area contributed by atoms with Crippen LogP contribution in [0.15, 0.2) is 18.2 Å². The van der Waals surface area contributed by atoms with E-state index in [-0.39, 0.29) is 6.61 Å². The van der Waals surface area contributed by atoms with Crippen molar-refractivity contribution in [3.63, 3.8) is 0 Å². The minimum Gasteiger partial charge on any atom is -0.497 e. The van der Waals surface area contributed by atoms with E-state index in [2.05, 4.69) is 9.50 Å². The molecule has 1 aromatic rings. The molecule has 0 bridgehead atoms. The minimum absolute atomic E-state index is 0.303. The Bertz CT molecular complexity index is 636. The maximum absolute atomic E-state index is 11.8. The van der Waals surface area contributed by atoms with Gasteiger partial charge in [-0.3, -0.25) is 9.50 Å². The highest BCUT2D eigenvalue weighted by Gasteiger charge is 2.18. The number of anilines is 1. The fourth-order valence-electron chi connectivity index (χ4n) is 1.48. The zero-order valence-corrected chi connectivity index (χ0v) is 13.7. The van der Waals surface area contributed by atoms with E-state index in [1.165, 1.54) is 13.2 Å². The van der Waals surface area contributed by atoms with Crippen LogP contribution >= 0.6 is 0 Å². The Hall–Kier alpha value is -1.84. The number of ether oxygens (including phenoxy) is 2. The topological polar surface area (TPSA) is 117 Å². The van der Waals surface area contributed by atoms with E-state index in [1.807, 2.05) is 0 Å². The van der Waals surface area contributed by atoms with Gasteiger partial charge in [0.2, 0.25) is 0 Å². The minimum atomic E-state index is -4.09. The van der Waals surface area contributed by atoms with E-state index < -0.39 is 22.0 Å². The molecular weight excluding hydrogens is 312 g/mol. The molecule has 1 rings (SSSR count). The molecule has 124 valence electrons. The molecule has 0 radical (unpaired) electrons. The van der Waals surface area contributed by atoms with Gasteiger partial charge in [0.15, 0.2) is 0 Å². The Labute approximate surface area is 129 Å². The lowest BCUT2D eigenvalue weighted by Gasteiger charge is -2.20. The van der Waals surface area contributed by atoms with Gasteiger partial charge in [0, 0.05) is 11.6 Å². The Morgan fingerprint density at radius 2 is 1.95 bits per heavy atom. The predicted molar refractivity (Wildman–Crippen MR) is 80.7 cm³/mol. The monoisotopic (exact) mass is 332 g/mol. The van der Waals surface area contributed by atoms with Crippen molar-refractivity contribution in [2.45, 2.75) is 33.0 Å². The second kappa shape index (κ2) is 6.95. The maximum atomic E-state index is 11.8. The van der Waals surface area contributed by atoms with Gasteiger partial charge in [-0.25, -0.2) is 9.93 Å². The molecule has 0 unspecified atom stereocenters. The summed E-state index contributed by atoms with van der Waals surface area (Å²) in [4.78, 5) is 11.8. The molecule has 0 spiro atoms. The second-order valence-corrected chi connectivity index (χ2v) is 6.63. The molecule has 0 heterocycles. The molecule has 1 aromatic carbocycles. The summed E-state index contributed by atoms with van der Waals surface area (Å²) in [5, 5.41) is 7.31. The van der Waals surface area contributed by atoms with Crippen LogP contribution in [0.4, 0.5) is 10.5 Å². The molecule has 0 saturated carbocycles. The third-order valence-electron chi connectivity index (χ3n) is 2.33. The number of methoxy groups -OCH3 is 1. The van der Waals surface area contributed by atoms with Gasteiger partial charge in [-0.1, -0.05) is 6.07 Å². The van der Waals surface area contributed by atoms with Gasteiger partial charge in [0.25, 0.3) is 0 Å². The van der Waals surface area contributed by atoms with Crippen molar-refractivity contribution in [1.82, 2.24) is 0 Å². The van der Waals surface area contributed by atoms with E-state index in [1.54, 1.807) is 32.9 Å². The number of amides is 1. The van der Waals surface area contributed by atoms with Crippen LogP contribution in [-0.2, 0) is 25.8 Å². The molecule has 8 nitrogen and oxygen atoms in total. The van der Waals surface area contributed by atoms with Gasteiger partial charge in [0.1, 0.15) is 11.4 Å². The van der Waals surface area contributed by atoms with Crippen molar-refractivity contribution in [1.29, 1.82) is 0 Å². The van der Waals surface area contributed by atoms with E-state index in [0.29, 0.717) is 17.0 Å². The fourth-order valence-corrected chi connectivity index (χ4v) is 1.78. The van der Waals surface area contributed by atoms with Crippen LogP contribution in [0, 0.1) is 0 Å². The number of hydrogen-bond donors (Lipinski definition) is 2. The lowest BCUT2D eigenvalue weighted by molar-refractivity contribution is 0.0635. The second-order valence-electron chi connectivity index (χ2n) is 5.40. The van der Waals surface area contributed by atoms with Crippen molar-refractivity contribution in [3.05, 3.63) is 23.8 Å². The first-order valence-corrected chi connectivity index (χ1v) is 7.81.